The fourth-order valence-corrected chi connectivity index (χ4v) is 3.60. The maximum absolute atomic E-state index is 13.6. The lowest BCUT2D eigenvalue weighted by molar-refractivity contribution is -0.157. The van der Waals surface area contributed by atoms with E-state index in [4.69, 9.17) is 9.57 Å². The van der Waals surface area contributed by atoms with Crippen molar-refractivity contribution < 1.29 is 28.8 Å². The molecule has 3 rings (SSSR count). The normalized spacial score (nSPS) is 14.3. The molecule has 0 spiro atoms. The first-order valence-electron chi connectivity index (χ1n) is 13.0. The zero-order valence-electron chi connectivity index (χ0n) is 24.6. The summed E-state index contributed by atoms with van der Waals surface area (Å²) in [4.78, 5) is 59.2. The molecule has 0 aromatic heterocycles. The maximum atomic E-state index is 13.6. The van der Waals surface area contributed by atoms with E-state index >= 15 is 0 Å². The van der Waals surface area contributed by atoms with Gasteiger partial charge in [0.15, 0.2) is 0 Å². The summed E-state index contributed by atoms with van der Waals surface area (Å²) in [6.07, 6.45) is 0.248. The van der Waals surface area contributed by atoms with Crippen molar-refractivity contribution in [2.24, 2.45) is 10.8 Å². The SMILES string of the molecule is CC/C(OC(=O)C(C)(C)C)=C1/C(=O)N(OC(=O)C(C)(C)C)c2cc(NC(=O)Nc3ccc(N(C)C)cc3)ccc21. The molecule has 0 unspecified atom stereocenters. The Bertz CT molecular complexity index is 1350. The minimum atomic E-state index is -0.892. The predicted molar refractivity (Wildman–Crippen MR) is 156 cm³/mol. The average molecular weight is 551 g/mol. The summed E-state index contributed by atoms with van der Waals surface area (Å²) in [6, 6.07) is 11.6. The van der Waals surface area contributed by atoms with Crippen molar-refractivity contribution in [1.82, 2.24) is 0 Å². The molecule has 2 aromatic carbocycles. The smallest absolute Gasteiger partial charge is 0.338 e. The van der Waals surface area contributed by atoms with Crippen LogP contribution in [0.15, 0.2) is 48.2 Å². The molecule has 0 radical (unpaired) electrons. The fraction of sp³-hybridized carbons (Fsp3) is 0.400. The van der Waals surface area contributed by atoms with E-state index in [0.717, 1.165) is 10.8 Å². The van der Waals surface area contributed by atoms with E-state index in [1.807, 2.05) is 31.1 Å². The van der Waals surface area contributed by atoms with Crippen molar-refractivity contribution in [1.29, 1.82) is 0 Å². The molecule has 0 atom stereocenters. The summed E-state index contributed by atoms with van der Waals surface area (Å²) in [7, 11) is 3.85. The van der Waals surface area contributed by atoms with Crippen LogP contribution >= 0.6 is 0 Å². The Hall–Kier alpha value is -4.34. The second kappa shape index (κ2) is 11.4. The first-order valence-corrected chi connectivity index (χ1v) is 13.0. The Kier molecular flexibility index (Phi) is 8.62. The monoisotopic (exact) mass is 550 g/mol. The number of nitrogens with zero attached hydrogens (tertiary/aromatic N) is 2. The number of amides is 3. The van der Waals surface area contributed by atoms with Gasteiger partial charge in [0.2, 0.25) is 0 Å². The lowest BCUT2D eigenvalue weighted by Crippen LogP contribution is -2.35. The first-order chi connectivity index (χ1) is 18.5. The number of benzene rings is 2. The molecule has 1 aliphatic rings. The van der Waals surface area contributed by atoms with E-state index in [1.165, 1.54) is 6.07 Å². The van der Waals surface area contributed by atoms with E-state index in [9.17, 15) is 19.2 Å². The second-order valence-corrected chi connectivity index (χ2v) is 11.8. The van der Waals surface area contributed by atoms with Crippen molar-refractivity contribution in [3.05, 3.63) is 53.8 Å². The highest BCUT2D eigenvalue weighted by Crippen LogP contribution is 2.42. The molecule has 2 aromatic rings. The number of rotatable bonds is 6. The quantitative estimate of drug-likeness (QED) is 0.259. The number of carbonyl (C=O) groups excluding carboxylic acids is 4. The highest BCUT2D eigenvalue weighted by atomic mass is 16.7. The number of hydroxylamine groups is 1. The molecular weight excluding hydrogens is 512 g/mol. The number of esters is 1. The summed E-state index contributed by atoms with van der Waals surface area (Å²) in [5.41, 5.74) is 1.03. The topological polar surface area (TPSA) is 117 Å². The van der Waals surface area contributed by atoms with E-state index < -0.39 is 34.7 Å². The van der Waals surface area contributed by atoms with Crippen molar-refractivity contribution >= 4 is 52.2 Å². The average Bonchev–Trinajstić information content (AvgIpc) is 3.12. The second-order valence-electron chi connectivity index (χ2n) is 11.8. The van der Waals surface area contributed by atoms with Gasteiger partial charge >= 0.3 is 18.0 Å². The van der Waals surface area contributed by atoms with Crippen LogP contribution in [0.25, 0.3) is 5.57 Å². The largest absolute Gasteiger partial charge is 0.430 e. The number of fused-ring (bicyclic) bond motifs is 1. The fourth-order valence-electron chi connectivity index (χ4n) is 3.60. The molecular formula is C30H38N4O6. The number of hydrogen-bond acceptors (Lipinski definition) is 7. The third-order valence-corrected chi connectivity index (χ3v) is 6.00. The lowest BCUT2D eigenvalue weighted by atomic mass is 9.97. The standard InChI is InChI=1S/C30H38N4O6/c1-10-23(39-26(36)29(2,3)4)24-21-16-13-19(17-22(21)34(25(24)35)40-27(37)30(5,6)7)32-28(38)31-18-11-14-20(15-12-18)33(8)9/h11-17H,10H2,1-9H3,(H2,31,32,38)/b24-23-. The Labute approximate surface area is 235 Å². The number of allylic oxidation sites excluding steroid dienone is 1. The van der Waals surface area contributed by atoms with Crippen LogP contribution in [-0.2, 0) is 24.0 Å². The van der Waals surface area contributed by atoms with Gasteiger partial charge in [0.05, 0.1) is 22.1 Å². The molecule has 0 saturated heterocycles. The predicted octanol–water partition coefficient (Wildman–Crippen LogP) is 5.96. The zero-order chi connectivity index (χ0) is 30.0. The van der Waals surface area contributed by atoms with Gasteiger partial charge in [-0.05, 0) is 84.0 Å². The number of nitrogens with one attached hydrogen (secondary N) is 2. The summed E-state index contributed by atoms with van der Waals surface area (Å²) in [6.45, 7) is 11.9. The Morgan fingerprint density at radius 2 is 1.40 bits per heavy atom. The van der Waals surface area contributed by atoms with Crippen molar-refractivity contribution in [3.63, 3.8) is 0 Å². The molecule has 40 heavy (non-hydrogen) atoms. The molecule has 0 fully saturated rings. The summed E-state index contributed by atoms with van der Waals surface area (Å²) < 4.78 is 5.65. The van der Waals surface area contributed by atoms with Gasteiger partial charge in [-0.25, -0.2) is 9.59 Å². The first kappa shape index (κ1) is 30.2. The molecule has 3 amide bonds. The third kappa shape index (κ3) is 6.80. The van der Waals surface area contributed by atoms with Crippen LogP contribution in [0.1, 0.15) is 60.5 Å². The van der Waals surface area contributed by atoms with Crippen LogP contribution in [-0.4, -0.2) is 38.0 Å². The van der Waals surface area contributed by atoms with Crippen LogP contribution in [0, 0.1) is 10.8 Å². The molecule has 2 N–H and O–H groups in total. The van der Waals surface area contributed by atoms with Gasteiger partial charge in [0, 0.05) is 43.1 Å². The van der Waals surface area contributed by atoms with Crippen molar-refractivity contribution in [2.75, 3.05) is 34.7 Å². The number of anilines is 4. The highest BCUT2D eigenvalue weighted by Gasteiger charge is 2.41. The van der Waals surface area contributed by atoms with Gasteiger partial charge < -0.3 is 25.1 Å². The van der Waals surface area contributed by atoms with E-state index in [0.29, 0.717) is 16.9 Å². The van der Waals surface area contributed by atoms with Crippen molar-refractivity contribution in [3.8, 4) is 0 Å². The number of urea groups is 1. The number of carbonyl (C=O) groups is 4. The molecule has 10 heteroatoms. The minimum absolute atomic E-state index is 0.119. The van der Waals surface area contributed by atoms with E-state index in [2.05, 4.69) is 10.6 Å². The molecule has 0 saturated carbocycles. The van der Waals surface area contributed by atoms with Gasteiger partial charge in [-0.2, -0.15) is 0 Å². The third-order valence-electron chi connectivity index (χ3n) is 6.00. The summed E-state index contributed by atoms with van der Waals surface area (Å²) >= 11 is 0. The number of hydrogen-bond donors (Lipinski definition) is 2. The van der Waals surface area contributed by atoms with Crippen LogP contribution in [0.4, 0.5) is 27.5 Å². The maximum Gasteiger partial charge on any atom is 0.338 e. The van der Waals surface area contributed by atoms with Crippen LogP contribution in [0.3, 0.4) is 0 Å². The minimum Gasteiger partial charge on any atom is -0.430 e. The van der Waals surface area contributed by atoms with Gasteiger partial charge in [-0.1, -0.05) is 6.92 Å². The molecule has 10 nitrogen and oxygen atoms in total. The van der Waals surface area contributed by atoms with Gasteiger partial charge in [-0.15, -0.1) is 5.06 Å². The van der Waals surface area contributed by atoms with Gasteiger partial charge in [0.25, 0.3) is 5.91 Å². The van der Waals surface area contributed by atoms with Crippen molar-refractivity contribution in [2.45, 2.75) is 54.9 Å². The van der Waals surface area contributed by atoms with Crippen LogP contribution < -0.4 is 20.6 Å². The summed E-state index contributed by atoms with van der Waals surface area (Å²) in [5, 5.41) is 6.40. The Morgan fingerprint density at radius 3 is 1.93 bits per heavy atom. The Morgan fingerprint density at radius 1 is 0.850 bits per heavy atom. The van der Waals surface area contributed by atoms with E-state index in [1.54, 1.807) is 72.7 Å². The molecule has 1 heterocycles. The Balaban J connectivity index is 1.97. The molecule has 1 aliphatic heterocycles. The van der Waals surface area contributed by atoms with Gasteiger partial charge in [0.1, 0.15) is 5.76 Å². The molecule has 0 bridgehead atoms. The lowest BCUT2D eigenvalue weighted by Gasteiger charge is -2.22. The highest BCUT2D eigenvalue weighted by molar-refractivity contribution is 6.33. The molecule has 0 aliphatic carbocycles. The van der Waals surface area contributed by atoms with Crippen LogP contribution in [0.2, 0.25) is 0 Å². The number of ether oxygens (including phenoxy) is 1. The molecule has 214 valence electrons. The van der Waals surface area contributed by atoms with E-state index in [-0.39, 0.29) is 23.4 Å². The van der Waals surface area contributed by atoms with Crippen LogP contribution in [0.5, 0.6) is 0 Å². The zero-order valence-corrected chi connectivity index (χ0v) is 24.6. The summed E-state index contributed by atoms with van der Waals surface area (Å²) in [5.74, 6) is -1.60. The van der Waals surface area contributed by atoms with Gasteiger partial charge in [-0.3, -0.25) is 9.59 Å².